The lowest BCUT2D eigenvalue weighted by molar-refractivity contribution is -0.0529. The van der Waals surface area contributed by atoms with Gasteiger partial charge >= 0.3 is 0 Å². The standard InChI is InChI=1S/C31H53NO/c1-2-9-25-15-21-31-30(22-25)26(16-14-24-10-5-3-6-11-24)23-32(31)27-17-19-29(20-18-27)33-28-12-7-4-8-13-28/h21,24-30H,2-20,22-23H2,1H3. The molecular formula is C31H53NO. The van der Waals surface area contributed by atoms with E-state index in [0.717, 1.165) is 29.7 Å². The van der Waals surface area contributed by atoms with Crippen LogP contribution in [-0.4, -0.2) is 29.7 Å². The zero-order chi connectivity index (χ0) is 22.5. The van der Waals surface area contributed by atoms with Crippen molar-refractivity contribution in [3.05, 3.63) is 11.8 Å². The van der Waals surface area contributed by atoms with E-state index in [1.807, 2.05) is 0 Å². The fourth-order valence-corrected chi connectivity index (χ4v) is 8.45. The molecule has 3 unspecified atom stereocenters. The Balaban J connectivity index is 1.18. The molecule has 0 aromatic carbocycles. The molecule has 4 fully saturated rings. The van der Waals surface area contributed by atoms with Crippen LogP contribution in [0.4, 0.5) is 0 Å². The molecule has 1 heterocycles. The summed E-state index contributed by atoms with van der Waals surface area (Å²) >= 11 is 0. The molecule has 3 saturated carbocycles. The Hall–Kier alpha value is -0.500. The number of rotatable bonds is 8. The zero-order valence-corrected chi connectivity index (χ0v) is 21.8. The van der Waals surface area contributed by atoms with E-state index >= 15 is 0 Å². The minimum absolute atomic E-state index is 0.555. The van der Waals surface area contributed by atoms with Crippen molar-refractivity contribution in [2.24, 2.45) is 23.7 Å². The van der Waals surface area contributed by atoms with Gasteiger partial charge in [0.2, 0.25) is 0 Å². The average molecular weight is 456 g/mol. The first kappa shape index (κ1) is 24.2. The average Bonchev–Trinajstić information content (AvgIpc) is 3.23. The predicted molar refractivity (Wildman–Crippen MR) is 139 cm³/mol. The van der Waals surface area contributed by atoms with Gasteiger partial charge in [0.05, 0.1) is 12.2 Å². The van der Waals surface area contributed by atoms with Gasteiger partial charge in [-0.1, -0.05) is 83.6 Å². The number of hydrogen-bond acceptors (Lipinski definition) is 2. The van der Waals surface area contributed by atoms with Crippen LogP contribution in [0.1, 0.15) is 135 Å². The third-order valence-electron chi connectivity index (χ3n) is 10.3. The van der Waals surface area contributed by atoms with Crippen LogP contribution < -0.4 is 0 Å². The number of hydrogen-bond donors (Lipinski definition) is 0. The van der Waals surface area contributed by atoms with Crippen LogP contribution in [-0.2, 0) is 4.74 Å². The minimum Gasteiger partial charge on any atom is -0.375 e. The lowest BCUT2D eigenvalue weighted by Crippen LogP contribution is -2.39. The van der Waals surface area contributed by atoms with Crippen molar-refractivity contribution in [3.8, 4) is 0 Å². The highest BCUT2D eigenvalue weighted by atomic mass is 16.5. The SMILES string of the molecule is CCCC1CC=C2C(C1)C(CCC1CCCCC1)CN2C1CCC(OC2CCCCC2)CC1. The molecule has 4 aliphatic carbocycles. The number of allylic oxidation sites excluding steroid dienone is 2. The smallest absolute Gasteiger partial charge is 0.0580 e. The van der Waals surface area contributed by atoms with Gasteiger partial charge in [0.15, 0.2) is 0 Å². The summed E-state index contributed by atoms with van der Waals surface area (Å²) in [5, 5.41) is 0. The first-order valence-corrected chi connectivity index (χ1v) is 15.4. The zero-order valence-electron chi connectivity index (χ0n) is 21.8. The highest BCUT2D eigenvalue weighted by Crippen LogP contribution is 2.48. The lowest BCUT2D eigenvalue weighted by Gasteiger charge is -2.39. The molecule has 33 heavy (non-hydrogen) atoms. The monoisotopic (exact) mass is 455 g/mol. The van der Waals surface area contributed by atoms with Crippen LogP contribution >= 0.6 is 0 Å². The van der Waals surface area contributed by atoms with E-state index in [1.54, 1.807) is 5.70 Å². The maximum absolute atomic E-state index is 6.58. The highest BCUT2D eigenvalue weighted by molar-refractivity contribution is 5.18. The normalized spacial score (nSPS) is 36.6. The van der Waals surface area contributed by atoms with Crippen LogP contribution in [0.2, 0.25) is 0 Å². The van der Waals surface area contributed by atoms with Gasteiger partial charge in [0, 0.05) is 24.2 Å². The summed E-state index contributed by atoms with van der Waals surface area (Å²) in [5.41, 5.74) is 1.80. The summed E-state index contributed by atoms with van der Waals surface area (Å²) in [6.07, 6.45) is 32.3. The molecule has 0 bridgehead atoms. The van der Waals surface area contributed by atoms with Gasteiger partial charge in [-0.15, -0.1) is 0 Å². The van der Waals surface area contributed by atoms with Crippen molar-refractivity contribution in [2.75, 3.05) is 6.54 Å². The molecule has 1 saturated heterocycles. The molecule has 0 N–H and O–H groups in total. The molecular weight excluding hydrogens is 402 g/mol. The summed E-state index contributed by atoms with van der Waals surface area (Å²) < 4.78 is 6.58. The summed E-state index contributed by atoms with van der Waals surface area (Å²) in [6.45, 7) is 3.76. The van der Waals surface area contributed by atoms with E-state index in [0.29, 0.717) is 12.2 Å². The Bertz CT molecular complexity index is 608. The summed E-state index contributed by atoms with van der Waals surface area (Å²) in [7, 11) is 0. The molecule has 1 aliphatic heterocycles. The molecule has 188 valence electrons. The number of fused-ring (bicyclic) bond motifs is 1. The molecule has 0 aromatic heterocycles. The molecule has 0 radical (unpaired) electrons. The highest BCUT2D eigenvalue weighted by Gasteiger charge is 2.43. The second-order valence-corrected chi connectivity index (χ2v) is 12.7. The number of ether oxygens (including phenoxy) is 1. The second kappa shape index (κ2) is 12.0. The third-order valence-corrected chi connectivity index (χ3v) is 10.3. The van der Waals surface area contributed by atoms with Gasteiger partial charge in [0.1, 0.15) is 0 Å². The summed E-state index contributed by atoms with van der Waals surface area (Å²) in [5.74, 6) is 3.83. The van der Waals surface area contributed by atoms with Crippen molar-refractivity contribution in [2.45, 2.75) is 154 Å². The van der Waals surface area contributed by atoms with Crippen LogP contribution in [0.5, 0.6) is 0 Å². The van der Waals surface area contributed by atoms with Gasteiger partial charge in [-0.05, 0) is 75.5 Å². The van der Waals surface area contributed by atoms with Gasteiger partial charge in [-0.25, -0.2) is 0 Å². The van der Waals surface area contributed by atoms with Crippen molar-refractivity contribution >= 4 is 0 Å². The Labute approximate surface area is 205 Å². The number of likely N-dealkylation sites (tertiary alicyclic amines) is 1. The van der Waals surface area contributed by atoms with Gasteiger partial charge in [0.25, 0.3) is 0 Å². The molecule has 2 nitrogen and oxygen atoms in total. The Morgan fingerprint density at radius 2 is 1.45 bits per heavy atom. The maximum Gasteiger partial charge on any atom is 0.0580 e. The van der Waals surface area contributed by atoms with Crippen molar-refractivity contribution < 1.29 is 4.74 Å². The Kier molecular flexibility index (Phi) is 8.77. The largest absolute Gasteiger partial charge is 0.375 e. The van der Waals surface area contributed by atoms with Crippen molar-refractivity contribution in [3.63, 3.8) is 0 Å². The molecule has 0 amide bonds. The Morgan fingerprint density at radius 1 is 0.758 bits per heavy atom. The van der Waals surface area contributed by atoms with Gasteiger partial charge in [-0.2, -0.15) is 0 Å². The minimum atomic E-state index is 0.555. The molecule has 3 atom stereocenters. The second-order valence-electron chi connectivity index (χ2n) is 12.7. The predicted octanol–water partition coefficient (Wildman–Crippen LogP) is 8.65. The molecule has 0 aromatic rings. The van der Waals surface area contributed by atoms with Crippen LogP contribution in [0.25, 0.3) is 0 Å². The quantitative estimate of drug-likeness (QED) is 0.363. The first-order valence-electron chi connectivity index (χ1n) is 15.4. The van der Waals surface area contributed by atoms with Gasteiger partial charge in [-0.3, -0.25) is 0 Å². The number of nitrogens with zero attached hydrogens (tertiary/aromatic N) is 1. The summed E-state index contributed by atoms with van der Waals surface area (Å²) in [4.78, 5) is 2.95. The van der Waals surface area contributed by atoms with E-state index in [2.05, 4.69) is 17.9 Å². The topological polar surface area (TPSA) is 12.5 Å². The third kappa shape index (κ3) is 6.20. The van der Waals surface area contributed by atoms with Crippen molar-refractivity contribution in [1.29, 1.82) is 0 Å². The first-order chi connectivity index (χ1) is 16.3. The van der Waals surface area contributed by atoms with Crippen molar-refractivity contribution in [1.82, 2.24) is 4.90 Å². The van der Waals surface area contributed by atoms with Gasteiger partial charge < -0.3 is 9.64 Å². The van der Waals surface area contributed by atoms with Crippen LogP contribution in [0.15, 0.2) is 11.8 Å². The van der Waals surface area contributed by atoms with E-state index in [4.69, 9.17) is 4.74 Å². The maximum atomic E-state index is 6.58. The summed E-state index contributed by atoms with van der Waals surface area (Å²) in [6, 6.07) is 0.798. The molecule has 0 spiro atoms. The van der Waals surface area contributed by atoms with E-state index in [9.17, 15) is 0 Å². The molecule has 2 heteroatoms. The van der Waals surface area contributed by atoms with E-state index < -0.39 is 0 Å². The Morgan fingerprint density at radius 3 is 2.18 bits per heavy atom. The molecule has 5 aliphatic rings. The van der Waals surface area contributed by atoms with Crippen LogP contribution in [0, 0.1) is 23.7 Å². The van der Waals surface area contributed by atoms with E-state index in [1.165, 1.54) is 135 Å². The fourth-order valence-electron chi connectivity index (χ4n) is 8.45. The molecule has 5 rings (SSSR count). The fraction of sp³-hybridized carbons (Fsp3) is 0.935. The van der Waals surface area contributed by atoms with Crippen LogP contribution in [0.3, 0.4) is 0 Å². The lowest BCUT2D eigenvalue weighted by atomic mass is 9.75. The van der Waals surface area contributed by atoms with E-state index in [-0.39, 0.29) is 0 Å².